The summed E-state index contributed by atoms with van der Waals surface area (Å²) in [5.74, 6) is 0.970. The first-order valence-corrected chi connectivity index (χ1v) is 9.19. The van der Waals surface area contributed by atoms with E-state index in [1.165, 1.54) is 16.0 Å². The summed E-state index contributed by atoms with van der Waals surface area (Å²) in [6, 6.07) is 21.0. The van der Waals surface area contributed by atoms with Gasteiger partial charge in [0.05, 0.1) is 10.9 Å². The van der Waals surface area contributed by atoms with Crippen LogP contribution >= 0.6 is 27.3 Å². The van der Waals surface area contributed by atoms with Gasteiger partial charge in [-0.25, -0.2) is 0 Å². The van der Waals surface area contributed by atoms with Gasteiger partial charge in [0, 0.05) is 16.6 Å². The average Bonchev–Trinajstić information content (AvgIpc) is 3.05. The van der Waals surface area contributed by atoms with Gasteiger partial charge in [-0.1, -0.05) is 46.3 Å². The van der Waals surface area contributed by atoms with Crippen molar-refractivity contribution in [1.29, 1.82) is 0 Å². The second-order valence-corrected chi connectivity index (χ2v) is 7.35. The van der Waals surface area contributed by atoms with Crippen LogP contribution in [0.1, 0.15) is 22.0 Å². The van der Waals surface area contributed by atoms with Gasteiger partial charge in [-0.05, 0) is 46.8 Å². The van der Waals surface area contributed by atoms with Gasteiger partial charge in [0.1, 0.15) is 5.84 Å². The van der Waals surface area contributed by atoms with Gasteiger partial charge in [0.15, 0.2) is 0 Å². The summed E-state index contributed by atoms with van der Waals surface area (Å²) in [4.78, 5) is 6.25. The first-order chi connectivity index (χ1) is 11.3. The Balaban J connectivity index is 1.72. The first-order valence-electron chi connectivity index (χ1n) is 7.52. The molecule has 0 amide bonds. The van der Waals surface area contributed by atoms with Crippen molar-refractivity contribution < 1.29 is 0 Å². The number of halogens is 1. The fourth-order valence-electron chi connectivity index (χ4n) is 2.83. The number of para-hydroxylation sites is 1. The molecule has 1 aliphatic heterocycles. The lowest BCUT2D eigenvalue weighted by atomic mass is 9.97. The topological polar surface area (TPSA) is 24.4 Å². The predicted octanol–water partition coefficient (Wildman–Crippen LogP) is 5.67. The molecular formula is C19H15BrN2S. The van der Waals surface area contributed by atoms with Gasteiger partial charge in [-0.3, -0.25) is 4.99 Å². The van der Waals surface area contributed by atoms with Gasteiger partial charge in [-0.15, -0.1) is 11.3 Å². The van der Waals surface area contributed by atoms with Crippen LogP contribution in [0.5, 0.6) is 0 Å². The third-order valence-electron chi connectivity index (χ3n) is 3.93. The summed E-state index contributed by atoms with van der Waals surface area (Å²) in [5, 5.41) is 5.64. The lowest BCUT2D eigenvalue weighted by Crippen LogP contribution is -2.20. The Hall–Kier alpha value is -1.91. The number of hydrogen-bond acceptors (Lipinski definition) is 3. The summed E-state index contributed by atoms with van der Waals surface area (Å²) < 4.78 is 1.10. The number of anilines is 1. The first kappa shape index (κ1) is 14.7. The number of amidine groups is 1. The van der Waals surface area contributed by atoms with Crippen LogP contribution in [0.2, 0.25) is 0 Å². The van der Waals surface area contributed by atoms with E-state index in [0.717, 1.165) is 22.4 Å². The second-order valence-electron chi connectivity index (χ2n) is 5.52. The van der Waals surface area contributed by atoms with Crippen LogP contribution in [0, 0.1) is 0 Å². The summed E-state index contributed by atoms with van der Waals surface area (Å²) in [6.07, 6.45) is 0.954. The van der Waals surface area contributed by atoms with E-state index in [1.807, 2.05) is 18.2 Å². The van der Waals surface area contributed by atoms with Crippen LogP contribution in [0.25, 0.3) is 0 Å². The molecule has 23 heavy (non-hydrogen) atoms. The highest BCUT2D eigenvalue weighted by atomic mass is 79.9. The molecule has 4 rings (SSSR count). The number of fused-ring (bicyclic) bond motifs is 1. The van der Waals surface area contributed by atoms with Gasteiger partial charge >= 0.3 is 0 Å². The second kappa shape index (κ2) is 6.30. The Kier molecular flexibility index (Phi) is 4.02. The smallest absolute Gasteiger partial charge is 0.143 e. The predicted molar refractivity (Wildman–Crippen MR) is 102 cm³/mol. The van der Waals surface area contributed by atoms with Gasteiger partial charge in [0.2, 0.25) is 0 Å². The fraction of sp³-hybridized carbons (Fsp3) is 0.105. The van der Waals surface area contributed by atoms with Crippen LogP contribution in [0.4, 0.5) is 5.69 Å². The lowest BCUT2D eigenvalue weighted by Gasteiger charge is -2.22. The molecule has 0 saturated heterocycles. The molecule has 1 unspecified atom stereocenters. The molecule has 2 heterocycles. The molecular weight excluding hydrogens is 368 g/mol. The van der Waals surface area contributed by atoms with E-state index in [2.05, 4.69) is 69.1 Å². The van der Waals surface area contributed by atoms with Crippen molar-refractivity contribution in [3.8, 4) is 0 Å². The SMILES string of the molecule is Brc1cccc(C2Cc3ccsc3C(Nc3ccccc3)=N2)c1. The minimum absolute atomic E-state index is 0.154. The number of thiophene rings is 1. The van der Waals surface area contributed by atoms with E-state index >= 15 is 0 Å². The Labute approximate surface area is 148 Å². The van der Waals surface area contributed by atoms with E-state index in [4.69, 9.17) is 4.99 Å². The Morgan fingerprint density at radius 2 is 1.91 bits per heavy atom. The van der Waals surface area contributed by atoms with Crippen LogP contribution in [0.3, 0.4) is 0 Å². The highest BCUT2D eigenvalue weighted by Gasteiger charge is 2.23. The molecule has 1 N–H and O–H groups in total. The quantitative estimate of drug-likeness (QED) is 0.606. The molecule has 1 atom stereocenters. The Bertz CT molecular complexity index is 855. The molecule has 0 fully saturated rings. The third-order valence-corrected chi connectivity index (χ3v) is 5.39. The van der Waals surface area contributed by atoms with Crippen LogP contribution < -0.4 is 5.32 Å². The van der Waals surface area contributed by atoms with Crippen molar-refractivity contribution in [2.75, 3.05) is 5.32 Å². The van der Waals surface area contributed by atoms with Crippen LogP contribution in [-0.2, 0) is 6.42 Å². The van der Waals surface area contributed by atoms with Crippen molar-refractivity contribution in [3.63, 3.8) is 0 Å². The largest absolute Gasteiger partial charge is 0.339 e. The number of benzene rings is 2. The van der Waals surface area contributed by atoms with E-state index in [-0.39, 0.29) is 6.04 Å². The monoisotopic (exact) mass is 382 g/mol. The molecule has 0 radical (unpaired) electrons. The third kappa shape index (κ3) is 3.09. The number of hydrogen-bond donors (Lipinski definition) is 1. The van der Waals surface area contributed by atoms with E-state index < -0.39 is 0 Å². The van der Waals surface area contributed by atoms with Crippen LogP contribution in [0.15, 0.2) is 75.5 Å². The molecule has 3 aromatic rings. The van der Waals surface area contributed by atoms with Crippen molar-refractivity contribution in [3.05, 3.63) is 86.5 Å². The Morgan fingerprint density at radius 3 is 2.74 bits per heavy atom. The molecule has 0 bridgehead atoms. The molecule has 1 aromatic heterocycles. The van der Waals surface area contributed by atoms with E-state index in [1.54, 1.807) is 11.3 Å². The molecule has 0 spiro atoms. The molecule has 0 aliphatic carbocycles. The number of nitrogens with zero attached hydrogens (tertiary/aromatic N) is 1. The van der Waals surface area contributed by atoms with Crippen molar-refractivity contribution >= 4 is 38.8 Å². The van der Waals surface area contributed by atoms with Gasteiger partial charge < -0.3 is 5.32 Å². The maximum atomic E-state index is 5.00. The maximum absolute atomic E-state index is 5.00. The summed E-state index contributed by atoms with van der Waals surface area (Å²) in [6.45, 7) is 0. The van der Waals surface area contributed by atoms with E-state index in [9.17, 15) is 0 Å². The van der Waals surface area contributed by atoms with Crippen molar-refractivity contribution in [2.45, 2.75) is 12.5 Å². The zero-order valence-corrected chi connectivity index (χ0v) is 14.8. The van der Waals surface area contributed by atoms with E-state index in [0.29, 0.717) is 0 Å². The maximum Gasteiger partial charge on any atom is 0.143 e. The fourth-order valence-corrected chi connectivity index (χ4v) is 4.13. The Morgan fingerprint density at radius 1 is 1.04 bits per heavy atom. The minimum atomic E-state index is 0.154. The van der Waals surface area contributed by atoms with Gasteiger partial charge in [0.25, 0.3) is 0 Å². The minimum Gasteiger partial charge on any atom is -0.339 e. The molecule has 2 nitrogen and oxygen atoms in total. The summed E-state index contributed by atoms with van der Waals surface area (Å²) >= 11 is 5.31. The number of rotatable bonds is 2. The summed E-state index contributed by atoms with van der Waals surface area (Å²) in [5.41, 5.74) is 3.68. The van der Waals surface area contributed by atoms with Crippen molar-refractivity contribution in [2.24, 2.45) is 4.99 Å². The van der Waals surface area contributed by atoms with Crippen LogP contribution in [-0.4, -0.2) is 5.84 Å². The number of nitrogens with one attached hydrogen (secondary N) is 1. The molecule has 0 saturated carbocycles. The lowest BCUT2D eigenvalue weighted by molar-refractivity contribution is 0.714. The molecule has 4 heteroatoms. The summed E-state index contributed by atoms with van der Waals surface area (Å²) in [7, 11) is 0. The zero-order chi connectivity index (χ0) is 15.6. The van der Waals surface area contributed by atoms with Crippen molar-refractivity contribution in [1.82, 2.24) is 0 Å². The number of aliphatic imine (C=N–C) groups is 1. The highest BCUT2D eigenvalue weighted by molar-refractivity contribution is 9.10. The molecule has 114 valence electrons. The average molecular weight is 383 g/mol. The standard InChI is InChI=1S/C19H15BrN2S/c20-15-6-4-5-13(11-15)17-12-14-9-10-23-18(14)19(22-17)21-16-7-2-1-3-8-16/h1-11,17H,12H2,(H,21,22). The molecule has 1 aliphatic rings. The normalized spacial score (nSPS) is 16.6. The van der Waals surface area contributed by atoms with Gasteiger partial charge in [-0.2, -0.15) is 0 Å². The highest BCUT2D eigenvalue weighted by Crippen LogP contribution is 2.33. The zero-order valence-electron chi connectivity index (χ0n) is 12.4. The molecule has 2 aromatic carbocycles.